The summed E-state index contributed by atoms with van der Waals surface area (Å²) in [4.78, 5) is 14.2. The topological polar surface area (TPSA) is 59.0 Å². The van der Waals surface area contributed by atoms with Crippen molar-refractivity contribution in [3.8, 4) is 0 Å². The second kappa shape index (κ2) is 14.8. The Hall–Kier alpha value is -1.99. The predicted molar refractivity (Wildman–Crippen MR) is 145 cm³/mol. The highest BCUT2D eigenvalue weighted by Gasteiger charge is 2.27. The fraction of sp³-hybridized carbons (Fsp3) is 0.567. The van der Waals surface area contributed by atoms with Gasteiger partial charge in [0, 0.05) is 24.0 Å². The zero-order valence-electron chi connectivity index (χ0n) is 22.3. The van der Waals surface area contributed by atoms with Crippen molar-refractivity contribution in [3.63, 3.8) is 0 Å². The van der Waals surface area contributed by atoms with E-state index < -0.39 is 6.10 Å². The smallest absolute Gasteiger partial charge is 0.306 e. The third kappa shape index (κ3) is 9.06. The van der Waals surface area contributed by atoms with Crippen molar-refractivity contribution in [1.29, 1.82) is 0 Å². The lowest BCUT2D eigenvalue weighted by Gasteiger charge is -2.28. The lowest BCUT2D eigenvalue weighted by molar-refractivity contribution is -0.143. The van der Waals surface area contributed by atoms with Gasteiger partial charge in [-0.2, -0.15) is 0 Å². The van der Waals surface area contributed by atoms with E-state index in [0.717, 1.165) is 55.3 Å². The van der Waals surface area contributed by atoms with Crippen molar-refractivity contribution < 1.29 is 23.8 Å². The van der Waals surface area contributed by atoms with Crippen LogP contribution in [0.4, 0.5) is 4.39 Å². The van der Waals surface area contributed by atoms with E-state index in [1.54, 1.807) is 19.9 Å². The molecule has 0 spiro atoms. The van der Waals surface area contributed by atoms with Crippen LogP contribution in [0, 0.1) is 12.7 Å². The number of halogens is 2. The maximum atomic E-state index is 14.0. The van der Waals surface area contributed by atoms with E-state index in [1.165, 1.54) is 0 Å². The number of nitrogens with zero attached hydrogens (tertiary/aromatic N) is 1. The van der Waals surface area contributed by atoms with Crippen LogP contribution in [0.1, 0.15) is 74.3 Å². The number of rotatable bonds is 14. The zero-order valence-corrected chi connectivity index (χ0v) is 23.1. The molecule has 1 heterocycles. The average molecular weight is 534 g/mol. The number of benzene rings is 2. The quantitative estimate of drug-likeness (QED) is 0.293. The summed E-state index contributed by atoms with van der Waals surface area (Å²) < 4.78 is 25.4. The SMILES string of the molecule is CCC[C@@H](OC[C@H](O)CN1CCC[C@H]1Cc1ccc(C)c(F)c1)c1cc(Cl)ccc1CCC(=O)OCC. The molecule has 7 heteroatoms. The van der Waals surface area contributed by atoms with Crippen molar-refractivity contribution in [2.75, 3.05) is 26.3 Å². The first-order valence-corrected chi connectivity index (χ1v) is 13.9. The Kier molecular flexibility index (Phi) is 11.8. The molecule has 5 nitrogen and oxygen atoms in total. The molecular weight excluding hydrogens is 493 g/mol. The summed E-state index contributed by atoms with van der Waals surface area (Å²) in [7, 11) is 0. The van der Waals surface area contributed by atoms with Gasteiger partial charge in [-0.15, -0.1) is 0 Å². The summed E-state index contributed by atoms with van der Waals surface area (Å²) in [5.74, 6) is -0.389. The molecule has 1 aliphatic rings. The van der Waals surface area contributed by atoms with Gasteiger partial charge in [0.15, 0.2) is 0 Å². The number of carbonyl (C=O) groups is 1. The Morgan fingerprint density at radius 3 is 2.78 bits per heavy atom. The van der Waals surface area contributed by atoms with Crippen molar-refractivity contribution in [1.82, 2.24) is 4.90 Å². The van der Waals surface area contributed by atoms with Gasteiger partial charge in [0.25, 0.3) is 0 Å². The Balaban J connectivity index is 1.60. The van der Waals surface area contributed by atoms with Crippen LogP contribution < -0.4 is 0 Å². The molecule has 2 aromatic carbocycles. The van der Waals surface area contributed by atoms with E-state index in [2.05, 4.69) is 11.8 Å². The number of ether oxygens (including phenoxy) is 2. The zero-order chi connectivity index (χ0) is 26.8. The molecule has 0 unspecified atom stereocenters. The van der Waals surface area contributed by atoms with E-state index in [1.807, 2.05) is 30.3 Å². The molecule has 0 bridgehead atoms. The lowest BCUT2D eigenvalue weighted by Crippen LogP contribution is -2.39. The first kappa shape index (κ1) is 29.6. The van der Waals surface area contributed by atoms with E-state index >= 15 is 0 Å². The van der Waals surface area contributed by atoms with Gasteiger partial charge in [-0.05, 0) is 92.9 Å². The Morgan fingerprint density at radius 2 is 2.05 bits per heavy atom. The van der Waals surface area contributed by atoms with E-state index in [4.69, 9.17) is 21.1 Å². The summed E-state index contributed by atoms with van der Waals surface area (Å²) in [5.41, 5.74) is 3.62. The summed E-state index contributed by atoms with van der Waals surface area (Å²) in [6.07, 6.45) is 4.55. The second-order valence-electron chi connectivity index (χ2n) is 9.99. The van der Waals surface area contributed by atoms with Crippen molar-refractivity contribution >= 4 is 17.6 Å². The standard InChI is InChI=1S/C30H41ClFNO4/c1-4-7-29(27-18-24(31)13-11-23(27)12-14-30(35)36-5-2)37-20-26(34)19-33-15-6-8-25(33)16-22-10-9-21(3)28(32)17-22/h9-11,13,17-18,25-26,29,34H,4-8,12,14-16,19-20H2,1-3H3/t25-,26+,29+/m0/s1. The Morgan fingerprint density at radius 1 is 1.24 bits per heavy atom. The van der Waals surface area contributed by atoms with Crippen LogP contribution in [0.15, 0.2) is 36.4 Å². The molecule has 1 aliphatic heterocycles. The van der Waals surface area contributed by atoms with Gasteiger partial charge in [0.1, 0.15) is 5.82 Å². The molecule has 0 aliphatic carbocycles. The van der Waals surface area contributed by atoms with Crippen molar-refractivity contribution in [2.45, 2.75) is 84.0 Å². The number of aliphatic hydroxyl groups is 1. The number of esters is 1. The van der Waals surface area contributed by atoms with E-state index in [9.17, 15) is 14.3 Å². The number of aliphatic hydroxyl groups excluding tert-OH is 1. The molecule has 1 fully saturated rings. The van der Waals surface area contributed by atoms with Crippen LogP contribution in [0.2, 0.25) is 5.02 Å². The van der Waals surface area contributed by atoms with Gasteiger partial charge in [-0.3, -0.25) is 9.69 Å². The molecule has 3 atom stereocenters. The van der Waals surface area contributed by atoms with Crippen LogP contribution in [0.25, 0.3) is 0 Å². The summed E-state index contributed by atoms with van der Waals surface area (Å²) >= 11 is 6.32. The maximum absolute atomic E-state index is 14.0. The number of aryl methyl sites for hydroxylation is 2. The number of β-amino-alcohol motifs (C(OH)–C–C–N with tert-alkyl or cyclic N) is 1. The predicted octanol–water partition coefficient (Wildman–Crippen LogP) is 6.21. The fourth-order valence-corrected chi connectivity index (χ4v) is 5.29. The highest BCUT2D eigenvalue weighted by molar-refractivity contribution is 6.30. The molecule has 204 valence electrons. The van der Waals surface area contributed by atoms with Crippen molar-refractivity contribution in [3.05, 3.63) is 69.5 Å². The van der Waals surface area contributed by atoms with Crippen LogP contribution in [0.3, 0.4) is 0 Å². The summed E-state index contributed by atoms with van der Waals surface area (Å²) in [6.45, 7) is 7.68. The second-order valence-corrected chi connectivity index (χ2v) is 10.4. The normalized spacial score (nSPS) is 17.6. The van der Waals surface area contributed by atoms with Gasteiger partial charge < -0.3 is 14.6 Å². The third-order valence-electron chi connectivity index (χ3n) is 7.05. The van der Waals surface area contributed by atoms with Crippen LogP contribution in [-0.4, -0.2) is 54.4 Å². The highest BCUT2D eigenvalue weighted by Crippen LogP contribution is 2.30. The number of likely N-dealkylation sites (tertiary alicyclic amines) is 1. The molecule has 3 rings (SSSR count). The fourth-order valence-electron chi connectivity index (χ4n) is 5.11. The Labute approximate surface area is 225 Å². The molecule has 0 amide bonds. The van der Waals surface area contributed by atoms with E-state index in [-0.39, 0.29) is 30.5 Å². The molecule has 0 saturated carbocycles. The summed E-state index contributed by atoms with van der Waals surface area (Å²) in [6, 6.07) is 11.4. The molecule has 37 heavy (non-hydrogen) atoms. The largest absolute Gasteiger partial charge is 0.466 e. The van der Waals surface area contributed by atoms with E-state index in [0.29, 0.717) is 36.6 Å². The maximum Gasteiger partial charge on any atom is 0.306 e. The molecule has 1 N–H and O–H groups in total. The molecule has 1 saturated heterocycles. The minimum atomic E-state index is -0.642. The van der Waals surface area contributed by atoms with Crippen LogP contribution in [-0.2, 0) is 27.1 Å². The first-order valence-electron chi connectivity index (χ1n) is 13.5. The minimum Gasteiger partial charge on any atom is -0.466 e. The highest BCUT2D eigenvalue weighted by atomic mass is 35.5. The van der Waals surface area contributed by atoms with Crippen LogP contribution in [0.5, 0.6) is 0 Å². The number of hydrogen-bond donors (Lipinski definition) is 1. The monoisotopic (exact) mass is 533 g/mol. The molecule has 2 aromatic rings. The van der Waals surface area contributed by atoms with Crippen LogP contribution >= 0.6 is 11.6 Å². The third-order valence-corrected chi connectivity index (χ3v) is 7.29. The van der Waals surface area contributed by atoms with Gasteiger partial charge in [0.05, 0.1) is 25.4 Å². The van der Waals surface area contributed by atoms with Gasteiger partial charge in [-0.1, -0.05) is 43.1 Å². The van der Waals surface area contributed by atoms with Gasteiger partial charge in [0.2, 0.25) is 0 Å². The molecule has 0 aromatic heterocycles. The van der Waals surface area contributed by atoms with Gasteiger partial charge >= 0.3 is 5.97 Å². The van der Waals surface area contributed by atoms with Crippen molar-refractivity contribution in [2.24, 2.45) is 0 Å². The number of carbonyl (C=O) groups excluding carboxylic acids is 1. The lowest BCUT2D eigenvalue weighted by atomic mass is 9.96. The van der Waals surface area contributed by atoms with Gasteiger partial charge in [-0.25, -0.2) is 4.39 Å². The summed E-state index contributed by atoms with van der Waals surface area (Å²) in [5, 5.41) is 11.5. The molecular formula is C30H41ClFNO4. The first-order chi connectivity index (χ1) is 17.8. The average Bonchev–Trinajstić information content (AvgIpc) is 3.29. The minimum absolute atomic E-state index is 0.167. The molecule has 0 radical (unpaired) electrons. The Bertz CT molecular complexity index is 1020. The number of hydrogen-bond acceptors (Lipinski definition) is 5.